The van der Waals surface area contributed by atoms with Crippen molar-refractivity contribution in [2.45, 2.75) is 48.0 Å². The topological polar surface area (TPSA) is 53.1 Å². The monoisotopic (exact) mass is 592 g/mol. The van der Waals surface area contributed by atoms with Crippen molar-refractivity contribution < 1.29 is 18.9 Å². The van der Waals surface area contributed by atoms with Crippen LogP contribution in [0, 0.1) is 13.8 Å². The van der Waals surface area contributed by atoms with Crippen LogP contribution in [0.4, 0.5) is 11.4 Å². The fourth-order valence-electron chi connectivity index (χ4n) is 4.31. The lowest BCUT2D eigenvalue weighted by atomic mass is 10.1. The number of benzene rings is 2. The molecule has 0 N–H and O–H groups in total. The Hall–Kier alpha value is -4.97. The molecule has 0 saturated carbocycles. The molecular weight excluding hydrogens is 548 g/mol. The lowest BCUT2D eigenvalue weighted by Gasteiger charge is -2.28. The lowest BCUT2D eigenvalue weighted by molar-refractivity contribution is 0.213. The van der Waals surface area contributed by atoms with E-state index in [4.69, 9.17) is 18.9 Å². The minimum Gasteiger partial charge on any atom is -0.493 e. The third-order valence-corrected chi connectivity index (χ3v) is 6.74. The smallest absolute Gasteiger partial charge is 0.165 e. The van der Waals surface area contributed by atoms with Gasteiger partial charge in [0, 0.05) is 36.3 Å². The van der Waals surface area contributed by atoms with E-state index in [0.717, 1.165) is 34.0 Å². The maximum absolute atomic E-state index is 6.15. The first kappa shape index (κ1) is 33.5. The van der Waals surface area contributed by atoms with Gasteiger partial charge in [-0.25, -0.2) is 0 Å². The number of allylic oxidation sites excluding steroid dienone is 7. The first-order valence-electron chi connectivity index (χ1n) is 14.8. The van der Waals surface area contributed by atoms with Gasteiger partial charge in [-0.2, -0.15) is 0 Å². The van der Waals surface area contributed by atoms with Crippen molar-refractivity contribution in [3.05, 3.63) is 149 Å². The predicted molar refractivity (Wildman–Crippen MR) is 181 cm³/mol. The predicted octanol–water partition coefficient (Wildman–Crippen LogP) is 10.0. The molecule has 44 heavy (non-hydrogen) atoms. The Morgan fingerprint density at radius 3 is 2.36 bits per heavy atom. The summed E-state index contributed by atoms with van der Waals surface area (Å²) in [5, 5.41) is 0. The van der Waals surface area contributed by atoms with E-state index in [1.54, 1.807) is 26.7 Å². The van der Waals surface area contributed by atoms with Gasteiger partial charge in [-0.1, -0.05) is 61.9 Å². The van der Waals surface area contributed by atoms with Crippen LogP contribution in [0.3, 0.4) is 0 Å². The van der Waals surface area contributed by atoms with Crippen LogP contribution in [0.5, 0.6) is 11.5 Å². The standard InChI is InChI=1S/C30H31NO4.C6H7N.C2H6/c1-6-21(2)11-15-25-20-34-28-17-12-23(13-18-29(28)35-25)31(26-10-8-7-9-22(26)3)24-14-16-27(32-4)30(19-24)33-5;1-6-3-2-4-7-5-6;1-2/h6-17,19-20H,18H2,1-5H3;2-5H,1H3;1-2H3/b15-11-,21-6-;;. The number of ether oxygens (including phenoxy) is 4. The Kier molecular flexibility index (Phi) is 13.1. The maximum Gasteiger partial charge on any atom is 0.165 e. The summed E-state index contributed by atoms with van der Waals surface area (Å²) < 4.78 is 23.1. The largest absolute Gasteiger partial charge is 0.493 e. The summed E-state index contributed by atoms with van der Waals surface area (Å²) in [6.45, 7) is 12.2. The molecule has 0 radical (unpaired) electrons. The third kappa shape index (κ3) is 9.01. The fourth-order valence-corrected chi connectivity index (χ4v) is 4.31. The Labute approximate surface area is 263 Å². The molecular formula is C38H44N2O4. The minimum absolute atomic E-state index is 0.584. The Morgan fingerprint density at radius 2 is 1.73 bits per heavy atom. The molecule has 0 amide bonds. The summed E-state index contributed by atoms with van der Waals surface area (Å²) >= 11 is 0. The van der Waals surface area contributed by atoms with E-state index in [1.807, 2.05) is 114 Å². The molecule has 0 spiro atoms. The number of aryl methyl sites for hydroxylation is 2. The van der Waals surface area contributed by atoms with Crippen LogP contribution in [-0.2, 0) is 9.47 Å². The zero-order valence-corrected chi connectivity index (χ0v) is 27.1. The van der Waals surface area contributed by atoms with Crippen LogP contribution in [-0.4, -0.2) is 19.2 Å². The first-order chi connectivity index (χ1) is 21.4. The molecule has 0 saturated heterocycles. The first-order valence-corrected chi connectivity index (χ1v) is 14.8. The Morgan fingerprint density at radius 1 is 0.955 bits per heavy atom. The van der Waals surface area contributed by atoms with E-state index in [1.165, 1.54) is 5.56 Å². The quantitative estimate of drug-likeness (QED) is 0.255. The number of pyridine rings is 1. The van der Waals surface area contributed by atoms with Gasteiger partial charge >= 0.3 is 0 Å². The molecule has 0 atom stereocenters. The summed E-state index contributed by atoms with van der Waals surface area (Å²) in [6.07, 6.45) is 17.9. The van der Waals surface area contributed by atoms with Crippen molar-refractivity contribution in [2.75, 3.05) is 19.1 Å². The van der Waals surface area contributed by atoms with E-state index in [2.05, 4.69) is 35.0 Å². The van der Waals surface area contributed by atoms with E-state index < -0.39 is 0 Å². The highest BCUT2D eigenvalue weighted by Crippen LogP contribution is 2.39. The van der Waals surface area contributed by atoms with Gasteiger partial charge in [0.2, 0.25) is 0 Å². The van der Waals surface area contributed by atoms with Gasteiger partial charge < -0.3 is 23.8 Å². The van der Waals surface area contributed by atoms with Gasteiger partial charge in [-0.3, -0.25) is 4.98 Å². The normalized spacial score (nSPS) is 13.9. The molecule has 0 bridgehead atoms. The van der Waals surface area contributed by atoms with Crippen molar-refractivity contribution in [3.8, 4) is 11.5 Å². The highest BCUT2D eigenvalue weighted by atomic mass is 16.5. The van der Waals surface area contributed by atoms with Gasteiger partial charge in [0.25, 0.3) is 0 Å². The van der Waals surface area contributed by atoms with Crippen LogP contribution < -0.4 is 14.4 Å². The molecule has 1 aromatic heterocycles. The third-order valence-electron chi connectivity index (χ3n) is 6.74. The summed E-state index contributed by atoms with van der Waals surface area (Å²) in [5.74, 6) is 3.50. The summed E-state index contributed by atoms with van der Waals surface area (Å²) in [5.41, 5.74) is 6.54. The van der Waals surface area contributed by atoms with Crippen LogP contribution in [0.15, 0.2) is 138 Å². The molecule has 6 nitrogen and oxygen atoms in total. The number of para-hydroxylation sites is 1. The van der Waals surface area contributed by atoms with Gasteiger partial charge in [-0.15, -0.1) is 0 Å². The number of methoxy groups -OCH3 is 2. The van der Waals surface area contributed by atoms with E-state index in [9.17, 15) is 0 Å². The molecule has 3 aromatic rings. The van der Waals surface area contributed by atoms with Gasteiger partial charge in [0.15, 0.2) is 28.8 Å². The second-order valence-corrected chi connectivity index (χ2v) is 9.75. The average molecular weight is 593 g/mol. The van der Waals surface area contributed by atoms with Gasteiger partial charge in [0.05, 0.1) is 19.9 Å². The number of hydrogen-bond donors (Lipinski definition) is 0. The van der Waals surface area contributed by atoms with Crippen LogP contribution >= 0.6 is 0 Å². The van der Waals surface area contributed by atoms with Crippen molar-refractivity contribution >= 4 is 11.4 Å². The molecule has 5 rings (SSSR count). The Bertz CT molecular complexity index is 1560. The highest BCUT2D eigenvalue weighted by molar-refractivity contribution is 5.74. The second kappa shape index (κ2) is 17.2. The van der Waals surface area contributed by atoms with Crippen molar-refractivity contribution in [2.24, 2.45) is 0 Å². The molecule has 1 aliphatic carbocycles. The molecule has 6 heteroatoms. The molecule has 0 unspecified atom stereocenters. The van der Waals surface area contributed by atoms with E-state index in [0.29, 0.717) is 29.4 Å². The second-order valence-electron chi connectivity index (χ2n) is 9.75. The molecule has 1 aliphatic heterocycles. The molecule has 2 aromatic carbocycles. The number of aromatic nitrogens is 1. The van der Waals surface area contributed by atoms with Crippen molar-refractivity contribution in [3.63, 3.8) is 0 Å². The summed E-state index contributed by atoms with van der Waals surface area (Å²) in [7, 11) is 3.29. The molecule has 2 aliphatic rings. The maximum atomic E-state index is 6.15. The van der Waals surface area contributed by atoms with Gasteiger partial charge in [-0.05, 0) is 81.3 Å². The molecule has 2 heterocycles. The zero-order chi connectivity index (χ0) is 31.9. The lowest BCUT2D eigenvalue weighted by Crippen LogP contribution is -2.16. The summed E-state index contributed by atoms with van der Waals surface area (Å²) in [6, 6.07) is 18.2. The fraction of sp³-hybridized carbons (Fsp3) is 0.237. The van der Waals surface area contributed by atoms with Crippen LogP contribution in [0.1, 0.15) is 45.2 Å². The number of hydrogen-bond acceptors (Lipinski definition) is 6. The zero-order valence-electron chi connectivity index (χ0n) is 27.1. The average Bonchev–Trinajstić information content (AvgIpc) is 3.28. The minimum atomic E-state index is 0.584. The summed E-state index contributed by atoms with van der Waals surface area (Å²) in [4.78, 5) is 6.09. The molecule has 230 valence electrons. The van der Waals surface area contributed by atoms with Crippen molar-refractivity contribution in [1.82, 2.24) is 4.98 Å². The van der Waals surface area contributed by atoms with Crippen LogP contribution in [0.25, 0.3) is 0 Å². The van der Waals surface area contributed by atoms with Crippen LogP contribution in [0.2, 0.25) is 0 Å². The van der Waals surface area contributed by atoms with Crippen molar-refractivity contribution in [1.29, 1.82) is 0 Å². The van der Waals surface area contributed by atoms with E-state index >= 15 is 0 Å². The Balaban J connectivity index is 0.000000510. The SMILES string of the molecule is C/C=C(C)\C=C/C1=COC2=C(CC=C(N(c3ccc(OC)c(OC)c3)c3ccccc3C)C=C2)O1.CC.Cc1cccnc1. The number of rotatable bonds is 7. The highest BCUT2D eigenvalue weighted by Gasteiger charge is 2.21. The number of nitrogens with zero attached hydrogens (tertiary/aromatic N) is 2. The van der Waals surface area contributed by atoms with Gasteiger partial charge in [0.1, 0.15) is 6.26 Å². The molecule has 0 fully saturated rings. The van der Waals surface area contributed by atoms with E-state index in [-0.39, 0.29) is 0 Å². The number of anilines is 2.